The van der Waals surface area contributed by atoms with Gasteiger partial charge in [-0.3, -0.25) is 10.1 Å². The van der Waals surface area contributed by atoms with E-state index in [-0.39, 0.29) is 19.0 Å². The van der Waals surface area contributed by atoms with Crippen molar-refractivity contribution < 1.29 is 41.4 Å². The number of hydrogen-bond donors (Lipinski definition) is 3. The number of carbonyl (C=O) groups excluding carboxylic acids is 1. The molecule has 3 rings (SSSR count). The summed E-state index contributed by atoms with van der Waals surface area (Å²) in [4.78, 5) is 25.0. The Hall–Kier alpha value is -3.93. The molecule has 2 aromatic carbocycles. The zero-order valence-corrected chi connectivity index (χ0v) is 17.8. The van der Waals surface area contributed by atoms with Crippen molar-refractivity contribution in [1.82, 2.24) is 10.3 Å². The molecule has 0 fully saturated rings. The monoisotopic (exact) mass is 483 g/mol. The number of alkyl halides is 3. The van der Waals surface area contributed by atoms with Crippen molar-refractivity contribution in [2.24, 2.45) is 5.73 Å². The summed E-state index contributed by atoms with van der Waals surface area (Å²) in [6, 6.07) is 15.2. The maximum Gasteiger partial charge on any atom is 0.490 e. The van der Waals surface area contributed by atoms with Crippen LogP contribution in [0.2, 0.25) is 0 Å². The number of oxazole rings is 1. The number of amides is 1. The van der Waals surface area contributed by atoms with Crippen LogP contribution in [0.5, 0.6) is 5.75 Å². The molecule has 0 spiro atoms. The fourth-order valence-corrected chi connectivity index (χ4v) is 2.39. The molecular weight excluding hydrogens is 462 g/mol. The van der Waals surface area contributed by atoms with E-state index in [2.05, 4.69) is 10.3 Å². The SMILES string of the molecule is CC(COc1ccccc1)(NCc1ncc(-c2cccc(F)c2)o1)C(N)=O.O=C(O)C(F)(F)F. The van der Waals surface area contributed by atoms with Crippen molar-refractivity contribution in [1.29, 1.82) is 0 Å². The summed E-state index contributed by atoms with van der Waals surface area (Å²) in [5, 5.41) is 10.2. The van der Waals surface area contributed by atoms with E-state index < -0.39 is 23.6 Å². The number of para-hydroxylation sites is 1. The van der Waals surface area contributed by atoms with E-state index in [1.54, 1.807) is 31.2 Å². The second kappa shape index (κ2) is 11.3. The fraction of sp³-hybridized carbons (Fsp3) is 0.227. The minimum atomic E-state index is -5.08. The molecule has 1 heterocycles. The molecular formula is C22H21F4N3O5. The zero-order chi connectivity index (χ0) is 25.4. The predicted octanol–water partition coefficient (Wildman–Crippen LogP) is 3.53. The maximum absolute atomic E-state index is 13.3. The Labute approximate surface area is 191 Å². The van der Waals surface area contributed by atoms with Crippen LogP contribution < -0.4 is 15.8 Å². The highest BCUT2D eigenvalue weighted by molar-refractivity contribution is 5.84. The van der Waals surface area contributed by atoms with E-state index in [4.69, 9.17) is 24.8 Å². The normalized spacial score (nSPS) is 12.7. The zero-order valence-electron chi connectivity index (χ0n) is 17.8. The summed E-state index contributed by atoms with van der Waals surface area (Å²) < 4.78 is 56.4. The van der Waals surface area contributed by atoms with Crippen molar-refractivity contribution in [3.8, 4) is 17.1 Å². The number of hydrogen-bond acceptors (Lipinski definition) is 6. The second-order valence-electron chi connectivity index (χ2n) is 7.08. The van der Waals surface area contributed by atoms with Gasteiger partial charge in [-0.1, -0.05) is 30.3 Å². The van der Waals surface area contributed by atoms with E-state index >= 15 is 0 Å². The second-order valence-corrected chi connectivity index (χ2v) is 7.08. The number of carboxylic acids is 1. The third-order valence-electron chi connectivity index (χ3n) is 4.35. The summed E-state index contributed by atoms with van der Waals surface area (Å²) in [5.74, 6) is -2.25. The molecule has 0 saturated heterocycles. The molecule has 0 radical (unpaired) electrons. The Balaban J connectivity index is 0.000000509. The molecule has 0 aliphatic heterocycles. The fourth-order valence-electron chi connectivity index (χ4n) is 2.39. The number of ether oxygens (including phenoxy) is 1. The van der Waals surface area contributed by atoms with E-state index in [1.165, 1.54) is 18.3 Å². The molecule has 1 unspecified atom stereocenters. The lowest BCUT2D eigenvalue weighted by Gasteiger charge is -2.26. The lowest BCUT2D eigenvalue weighted by molar-refractivity contribution is -0.192. The van der Waals surface area contributed by atoms with Gasteiger partial charge in [0.15, 0.2) is 5.76 Å². The first-order valence-electron chi connectivity index (χ1n) is 9.64. The number of benzene rings is 2. The van der Waals surface area contributed by atoms with Gasteiger partial charge in [0.05, 0.1) is 12.7 Å². The van der Waals surface area contributed by atoms with Gasteiger partial charge in [0.25, 0.3) is 0 Å². The molecule has 12 heteroatoms. The van der Waals surface area contributed by atoms with E-state index in [1.807, 2.05) is 18.2 Å². The minimum absolute atomic E-state index is 0.0454. The summed E-state index contributed by atoms with van der Waals surface area (Å²) in [5.41, 5.74) is 5.00. The number of carboxylic acid groups (broad SMARTS) is 1. The van der Waals surface area contributed by atoms with Crippen molar-refractivity contribution in [2.45, 2.75) is 25.2 Å². The number of rotatable bonds is 8. The molecule has 1 amide bonds. The molecule has 0 bridgehead atoms. The van der Waals surface area contributed by atoms with Gasteiger partial charge >= 0.3 is 12.1 Å². The van der Waals surface area contributed by atoms with Crippen LogP contribution in [0.25, 0.3) is 11.3 Å². The molecule has 3 aromatic rings. The van der Waals surface area contributed by atoms with Gasteiger partial charge in [-0.05, 0) is 31.2 Å². The van der Waals surface area contributed by atoms with Crippen LogP contribution in [0.4, 0.5) is 17.6 Å². The van der Waals surface area contributed by atoms with Gasteiger partial charge in [0.2, 0.25) is 11.8 Å². The third kappa shape index (κ3) is 7.89. The molecule has 34 heavy (non-hydrogen) atoms. The Kier molecular flexibility index (Phi) is 8.73. The summed E-state index contributed by atoms with van der Waals surface area (Å²) in [6.07, 6.45) is -3.58. The van der Waals surface area contributed by atoms with E-state index in [0.717, 1.165) is 0 Å². The van der Waals surface area contributed by atoms with Gasteiger partial charge in [-0.25, -0.2) is 14.2 Å². The first kappa shape index (κ1) is 26.3. The highest BCUT2D eigenvalue weighted by Gasteiger charge is 2.38. The van der Waals surface area contributed by atoms with Gasteiger partial charge in [-0.15, -0.1) is 0 Å². The van der Waals surface area contributed by atoms with Crippen molar-refractivity contribution in [3.63, 3.8) is 0 Å². The molecule has 0 aliphatic carbocycles. The van der Waals surface area contributed by atoms with Crippen LogP contribution in [0, 0.1) is 5.82 Å². The molecule has 182 valence electrons. The quantitative estimate of drug-likeness (QED) is 0.418. The number of nitrogens with one attached hydrogen (secondary N) is 1. The Morgan fingerprint density at radius 3 is 2.35 bits per heavy atom. The predicted molar refractivity (Wildman–Crippen MR) is 112 cm³/mol. The molecule has 0 saturated carbocycles. The standard InChI is InChI=1S/C20H20FN3O3.C2HF3O2/c1-20(19(22)25,13-26-16-8-3-2-4-9-16)24-12-18-23-11-17(27-18)14-6-5-7-15(21)10-14;3-2(4,5)1(6)7/h2-11,24H,12-13H2,1H3,(H2,22,25);(H,6,7). The number of aliphatic carboxylic acids is 1. The van der Waals surface area contributed by atoms with Gasteiger partial charge in [-0.2, -0.15) is 13.2 Å². The van der Waals surface area contributed by atoms with Crippen molar-refractivity contribution >= 4 is 11.9 Å². The average Bonchev–Trinajstić information content (AvgIpc) is 3.26. The largest absolute Gasteiger partial charge is 0.491 e. The number of halogens is 4. The molecule has 1 aromatic heterocycles. The molecule has 8 nitrogen and oxygen atoms in total. The average molecular weight is 483 g/mol. The Morgan fingerprint density at radius 1 is 1.15 bits per heavy atom. The van der Waals surface area contributed by atoms with Crippen LogP contribution in [-0.4, -0.2) is 40.3 Å². The van der Waals surface area contributed by atoms with Gasteiger partial charge < -0.3 is 20.0 Å². The molecule has 0 aliphatic rings. The van der Waals surface area contributed by atoms with Crippen LogP contribution in [0.1, 0.15) is 12.8 Å². The first-order chi connectivity index (χ1) is 15.9. The van der Waals surface area contributed by atoms with Crippen LogP contribution in [0.15, 0.2) is 65.2 Å². The van der Waals surface area contributed by atoms with Crippen LogP contribution >= 0.6 is 0 Å². The number of carbonyl (C=O) groups is 2. The van der Waals surface area contributed by atoms with Crippen LogP contribution in [-0.2, 0) is 16.1 Å². The highest BCUT2D eigenvalue weighted by Crippen LogP contribution is 2.21. The van der Waals surface area contributed by atoms with E-state index in [0.29, 0.717) is 23.0 Å². The highest BCUT2D eigenvalue weighted by atomic mass is 19.4. The lowest BCUT2D eigenvalue weighted by atomic mass is 10.0. The van der Waals surface area contributed by atoms with E-state index in [9.17, 15) is 22.4 Å². The number of aromatic nitrogens is 1. The Bertz CT molecular complexity index is 1110. The van der Waals surface area contributed by atoms with Crippen molar-refractivity contribution in [2.75, 3.05) is 6.61 Å². The lowest BCUT2D eigenvalue weighted by Crippen LogP contribution is -2.56. The maximum atomic E-state index is 13.3. The summed E-state index contributed by atoms with van der Waals surface area (Å²) in [7, 11) is 0. The smallest absolute Gasteiger partial charge is 0.490 e. The summed E-state index contributed by atoms with van der Waals surface area (Å²) >= 11 is 0. The number of primary amides is 1. The van der Waals surface area contributed by atoms with Crippen molar-refractivity contribution in [3.05, 3.63) is 72.5 Å². The summed E-state index contributed by atoms with van der Waals surface area (Å²) in [6.45, 7) is 1.85. The minimum Gasteiger partial charge on any atom is -0.491 e. The first-order valence-corrected chi connectivity index (χ1v) is 9.64. The Morgan fingerprint density at radius 2 is 1.79 bits per heavy atom. The van der Waals surface area contributed by atoms with Gasteiger partial charge in [0, 0.05) is 5.56 Å². The number of nitrogens with two attached hydrogens (primary N) is 1. The molecule has 4 N–H and O–H groups in total. The number of nitrogens with zero attached hydrogens (tertiary/aromatic N) is 1. The van der Waals surface area contributed by atoms with Gasteiger partial charge in [0.1, 0.15) is 23.7 Å². The van der Waals surface area contributed by atoms with Crippen LogP contribution in [0.3, 0.4) is 0 Å². The topological polar surface area (TPSA) is 128 Å². The third-order valence-corrected chi connectivity index (χ3v) is 4.35. The molecule has 1 atom stereocenters.